The maximum atomic E-state index is 5.76. The summed E-state index contributed by atoms with van der Waals surface area (Å²) in [6, 6.07) is 8.49. The lowest BCUT2D eigenvalue weighted by molar-refractivity contribution is 0.334. The Hall–Kier alpha value is -0.840. The number of ether oxygens (including phenoxy) is 1. The molecule has 0 spiro atoms. The van der Waals surface area contributed by atoms with Gasteiger partial charge in [0, 0.05) is 14.9 Å². The quantitative estimate of drug-likeness (QED) is 0.864. The summed E-state index contributed by atoms with van der Waals surface area (Å²) in [5.41, 5.74) is 2.48. The molecule has 0 saturated carbocycles. The van der Waals surface area contributed by atoms with E-state index in [4.69, 9.17) is 4.74 Å². The van der Waals surface area contributed by atoms with Crippen LogP contribution in [0, 0.1) is 6.92 Å². The van der Waals surface area contributed by atoms with Crippen molar-refractivity contribution in [2.45, 2.75) is 19.9 Å². The Labute approximate surface area is 126 Å². The number of nitrogens with one attached hydrogen (secondary N) is 1. The summed E-state index contributed by atoms with van der Waals surface area (Å²) in [5, 5.41) is 5.53. The molecule has 0 aliphatic carbocycles. The van der Waals surface area contributed by atoms with Crippen LogP contribution >= 0.6 is 27.3 Å². The highest BCUT2D eigenvalue weighted by Crippen LogP contribution is 2.35. The van der Waals surface area contributed by atoms with E-state index in [1.807, 2.05) is 26.1 Å². The van der Waals surface area contributed by atoms with Gasteiger partial charge in [-0.1, -0.05) is 15.9 Å². The van der Waals surface area contributed by atoms with Crippen LogP contribution in [0.2, 0.25) is 0 Å². The first-order chi connectivity index (χ1) is 9.17. The van der Waals surface area contributed by atoms with Crippen LogP contribution in [0.4, 0.5) is 0 Å². The molecule has 1 aromatic heterocycles. The molecule has 2 nitrogen and oxygen atoms in total. The van der Waals surface area contributed by atoms with Crippen LogP contribution in [0.15, 0.2) is 34.1 Å². The second-order valence-electron chi connectivity index (χ2n) is 4.30. The molecule has 2 aromatic rings. The van der Waals surface area contributed by atoms with Gasteiger partial charge >= 0.3 is 0 Å². The van der Waals surface area contributed by atoms with Crippen molar-refractivity contribution in [1.82, 2.24) is 5.32 Å². The molecule has 102 valence electrons. The van der Waals surface area contributed by atoms with Crippen molar-refractivity contribution < 1.29 is 4.74 Å². The Kier molecular flexibility index (Phi) is 5.02. The maximum absolute atomic E-state index is 5.76. The van der Waals surface area contributed by atoms with Crippen LogP contribution in [0.1, 0.15) is 29.0 Å². The summed E-state index contributed by atoms with van der Waals surface area (Å²) < 4.78 is 6.83. The lowest BCUT2D eigenvalue weighted by Gasteiger charge is -2.20. The molecule has 0 fully saturated rings. The SMILES string of the molecule is CCOc1ccc(Br)cc1C(NC)c1sccc1C. The highest BCUT2D eigenvalue weighted by atomic mass is 79.9. The highest BCUT2D eigenvalue weighted by molar-refractivity contribution is 9.10. The van der Waals surface area contributed by atoms with Gasteiger partial charge in [0.2, 0.25) is 0 Å². The molecule has 0 amide bonds. The normalized spacial score (nSPS) is 12.4. The van der Waals surface area contributed by atoms with Crippen molar-refractivity contribution in [1.29, 1.82) is 0 Å². The molecule has 0 saturated heterocycles. The van der Waals surface area contributed by atoms with Crippen LogP contribution in [0.3, 0.4) is 0 Å². The van der Waals surface area contributed by atoms with Crippen LogP contribution in [-0.2, 0) is 0 Å². The minimum atomic E-state index is 0.166. The molecule has 2 rings (SSSR count). The van der Waals surface area contributed by atoms with Crippen molar-refractivity contribution in [2.75, 3.05) is 13.7 Å². The molecule has 1 unspecified atom stereocenters. The fourth-order valence-electron chi connectivity index (χ4n) is 2.14. The zero-order valence-corrected chi connectivity index (χ0v) is 13.8. The predicted octanol–water partition coefficient (Wildman–Crippen LogP) is 4.53. The van der Waals surface area contributed by atoms with E-state index >= 15 is 0 Å². The molecule has 1 atom stereocenters. The monoisotopic (exact) mass is 339 g/mol. The molecular formula is C15H18BrNOS. The van der Waals surface area contributed by atoms with Crippen molar-refractivity contribution in [3.63, 3.8) is 0 Å². The van der Waals surface area contributed by atoms with Gasteiger partial charge in [0.15, 0.2) is 0 Å². The minimum Gasteiger partial charge on any atom is -0.494 e. The Morgan fingerprint density at radius 3 is 2.74 bits per heavy atom. The highest BCUT2D eigenvalue weighted by Gasteiger charge is 2.19. The number of thiophene rings is 1. The Bertz CT molecular complexity index is 553. The lowest BCUT2D eigenvalue weighted by Crippen LogP contribution is -2.18. The van der Waals surface area contributed by atoms with Gasteiger partial charge in [0.05, 0.1) is 12.6 Å². The molecule has 0 aliphatic rings. The largest absolute Gasteiger partial charge is 0.494 e. The predicted molar refractivity (Wildman–Crippen MR) is 85.3 cm³/mol. The third kappa shape index (κ3) is 3.19. The Morgan fingerprint density at radius 1 is 1.37 bits per heavy atom. The smallest absolute Gasteiger partial charge is 0.124 e. The Morgan fingerprint density at radius 2 is 2.16 bits per heavy atom. The fraction of sp³-hybridized carbons (Fsp3) is 0.333. The van der Waals surface area contributed by atoms with E-state index in [1.54, 1.807) is 11.3 Å². The van der Waals surface area contributed by atoms with Crippen LogP contribution in [0.25, 0.3) is 0 Å². The molecule has 19 heavy (non-hydrogen) atoms. The molecule has 0 bridgehead atoms. The summed E-state index contributed by atoms with van der Waals surface area (Å²) in [4.78, 5) is 1.33. The second-order valence-corrected chi connectivity index (χ2v) is 6.17. The van der Waals surface area contributed by atoms with Crippen molar-refractivity contribution >= 4 is 27.3 Å². The fourth-order valence-corrected chi connectivity index (χ4v) is 3.57. The maximum Gasteiger partial charge on any atom is 0.124 e. The molecule has 1 aromatic carbocycles. The van der Waals surface area contributed by atoms with E-state index in [-0.39, 0.29) is 6.04 Å². The van der Waals surface area contributed by atoms with E-state index in [0.29, 0.717) is 6.61 Å². The number of rotatable bonds is 5. The van der Waals surface area contributed by atoms with E-state index in [0.717, 1.165) is 10.2 Å². The summed E-state index contributed by atoms with van der Waals surface area (Å²) in [6.07, 6.45) is 0. The third-order valence-corrected chi connectivity index (χ3v) is 4.61. The summed E-state index contributed by atoms with van der Waals surface area (Å²) in [5.74, 6) is 0.942. The molecule has 1 heterocycles. The van der Waals surface area contributed by atoms with Crippen LogP contribution in [0.5, 0.6) is 5.75 Å². The van der Waals surface area contributed by atoms with Crippen LogP contribution in [-0.4, -0.2) is 13.7 Å². The molecule has 1 N–H and O–H groups in total. The van der Waals surface area contributed by atoms with Gasteiger partial charge in [-0.05, 0) is 56.1 Å². The average molecular weight is 340 g/mol. The van der Waals surface area contributed by atoms with Crippen molar-refractivity contribution in [3.8, 4) is 5.75 Å². The molecular weight excluding hydrogens is 322 g/mol. The van der Waals surface area contributed by atoms with E-state index in [2.05, 4.69) is 45.7 Å². The zero-order chi connectivity index (χ0) is 13.8. The lowest BCUT2D eigenvalue weighted by atomic mass is 10.0. The van der Waals surface area contributed by atoms with Gasteiger partial charge in [0.1, 0.15) is 5.75 Å². The van der Waals surface area contributed by atoms with E-state index in [9.17, 15) is 0 Å². The Balaban J connectivity index is 2.48. The summed E-state index contributed by atoms with van der Waals surface area (Å²) in [7, 11) is 1.99. The summed E-state index contributed by atoms with van der Waals surface area (Å²) >= 11 is 5.32. The van der Waals surface area contributed by atoms with Gasteiger partial charge in [-0.15, -0.1) is 11.3 Å². The first kappa shape index (κ1) is 14.6. The van der Waals surface area contributed by atoms with Crippen molar-refractivity contribution in [2.24, 2.45) is 0 Å². The van der Waals surface area contributed by atoms with Gasteiger partial charge < -0.3 is 10.1 Å². The molecule has 4 heteroatoms. The number of hydrogen-bond acceptors (Lipinski definition) is 3. The number of halogens is 1. The number of aryl methyl sites for hydroxylation is 1. The average Bonchev–Trinajstić information content (AvgIpc) is 2.80. The van der Waals surface area contributed by atoms with E-state index in [1.165, 1.54) is 16.0 Å². The first-order valence-corrected chi connectivity index (χ1v) is 7.98. The van der Waals surface area contributed by atoms with Gasteiger partial charge in [-0.25, -0.2) is 0 Å². The van der Waals surface area contributed by atoms with Crippen molar-refractivity contribution in [3.05, 3.63) is 50.1 Å². The molecule has 0 radical (unpaired) electrons. The zero-order valence-electron chi connectivity index (χ0n) is 11.4. The first-order valence-electron chi connectivity index (χ1n) is 6.30. The van der Waals surface area contributed by atoms with Crippen LogP contribution < -0.4 is 10.1 Å². The summed E-state index contributed by atoms with van der Waals surface area (Å²) in [6.45, 7) is 4.83. The van der Waals surface area contributed by atoms with E-state index < -0.39 is 0 Å². The van der Waals surface area contributed by atoms with Gasteiger partial charge in [-0.3, -0.25) is 0 Å². The van der Waals surface area contributed by atoms with Gasteiger partial charge in [0.25, 0.3) is 0 Å². The molecule has 0 aliphatic heterocycles. The minimum absolute atomic E-state index is 0.166. The van der Waals surface area contributed by atoms with Gasteiger partial charge in [-0.2, -0.15) is 0 Å². The second kappa shape index (κ2) is 6.55. The topological polar surface area (TPSA) is 21.3 Å². The number of benzene rings is 1. The standard InChI is InChI=1S/C15H18BrNOS/c1-4-18-13-6-5-11(16)9-12(13)14(17-3)15-10(2)7-8-19-15/h5-9,14,17H,4H2,1-3H3. The third-order valence-electron chi connectivity index (χ3n) is 3.04. The number of hydrogen-bond donors (Lipinski definition) is 1.